The van der Waals surface area contributed by atoms with E-state index in [9.17, 15) is 28.8 Å². The van der Waals surface area contributed by atoms with Crippen molar-refractivity contribution in [2.45, 2.75) is 52.7 Å². The van der Waals surface area contributed by atoms with Crippen LogP contribution in [0.5, 0.6) is 0 Å². The van der Waals surface area contributed by atoms with E-state index >= 15 is 0 Å². The van der Waals surface area contributed by atoms with Gasteiger partial charge in [0.1, 0.15) is 5.70 Å². The number of carboxylic acids is 1. The minimum atomic E-state index is -1.39. The number of amides is 1. The Labute approximate surface area is 149 Å². The zero-order valence-electron chi connectivity index (χ0n) is 15.1. The molecule has 0 aromatic heterocycles. The van der Waals surface area contributed by atoms with Gasteiger partial charge < -0.3 is 19.8 Å². The summed E-state index contributed by atoms with van der Waals surface area (Å²) in [6.07, 6.45) is 0.266. The Bertz CT molecular complexity index is 620. The Morgan fingerprint density at radius 3 is 2.24 bits per heavy atom. The van der Waals surface area contributed by atoms with Crippen LogP contribution in [0.1, 0.15) is 41.0 Å². The van der Waals surface area contributed by atoms with Crippen LogP contribution in [0.15, 0.2) is 10.6 Å². The molecule has 3 unspecified atom stereocenters. The SMILES string of the molecule is CCOC(C)=O.CCS(=O)C1=C(C(=O)O)N2C(=O)C(C(C)(C)O)C2C1. The summed E-state index contributed by atoms with van der Waals surface area (Å²) in [6, 6.07) is -0.385. The van der Waals surface area contributed by atoms with E-state index in [1.54, 1.807) is 13.8 Å². The van der Waals surface area contributed by atoms with Gasteiger partial charge in [0.05, 0.1) is 35.0 Å². The standard InChI is InChI=1S/C12H17NO5S.C4H8O2/c1-4-19(18)7-5-6-8(12(2,3)17)10(14)13(6)9(7)11(15)16;1-3-6-4(2)5/h6,8,17H,4-5H2,1-3H3,(H,15,16);3H2,1-2H3. The highest BCUT2D eigenvalue weighted by Crippen LogP contribution is 2.47. The zero-order valence-corrected chi connectivity index (χ0v) is 15.9. The van der Waals surface area contributed by atoms with E-state index in [0.717, 1.165) is 0 Å². The molecule has 2 heterocycles. The van der Waals surface area contributed by atoms with Crippen molar-refractivity contribution in [3.63, 3.8) is 0 Å². The number of carbonyl (C=O) groups is 3. The summed E-state index contributed by atoms with van der Waals surface area (Å²) in [5.74, 6) is -2.17. The third-order valence-corrected chi connectivity index (χ3v) is 5.40. The lowest BCUT2D eigenvalue weighted by Crippen LogP contribution is -2.65. The number of hydrogen-bond acceptors (Lipinski definition) is 6. The smallest absolute Gasteiger partial charge is 0.353 e. The van der Waals surface area contributed by atoms with Gasteiger partial charge in [0.15, 0.2) is 0 Å². The molecule has 1 amide bonds. The second-order valence-electron chi connectivity index (χ2n) is 6.25. The van der Waals surface area contributed by atoms with Crippen molar-refractivity contribution in [3.05, 3.63) is 10.6 Å². The number of aliphatic carboxylic acids is 1. The van der Waals surface area contributed by atoms with Crippen molar-refractivity contribution >= 4 is 28.6 Å². The molecule has 0 radical (unpaired) electrons. The quantitative estimate of drug-likeness (QED) is 0.534. The summed E-state index contributed by atoms with van der Waals surface area (Å²) in [5, 5.41) is 19.2. The van der Waals surface area contributed by atoms with Gasteiger partial charge in [-0.05, 0) is 20.8 Å². The fourth-order valence-electron chi connectivity index (χ4n) is 3.02. The maximum atomic E-state index is 12.0. The van der Waals surface area contributed by atoms with Gasteiger partial charge in [-0.25, -0.2) is 4.79 Å². The zero-order chi connectivity index (χ0) is 19.5. The lowest BCUT2D eigenvalue weighted by atomic mass is 9.76. The van der Waals surface area contributed by atoms with Crippen molar-refractivity contribution in [3.8, 4) is 0 Å². The van der Waals surface area contributed by atoms with Crippen molar-refractivity contribution in [2.24, 2.45) is 5.92 Å². The van der Waals surface area contributed by atoms with E-state index in [1.807, 2.05) is 0 Å². The van der Waals surface area contributed by atoms with Gasteiger partial charge in [-0.3, -0.25) is 13.8 Å². The fraction of sp³-hybridized carbons (Fsp3) is 0.688. The van der Waals surface area contributed by atoms with Crippen LogP contribution < -0.4 is 0 Å². The van der Waals surface area contributed by atoms with E-state index in [0.29, 0.717) is 17.3 Å². The molecule has 0 saturated carbocycles. The molecule has 0 aromatic carbocycles. The van der Waals surface area contributed by atoms with Gasteiger partial charge in [-0.15, -0.1) is 0 Å². The molecule has 2 aliphatic heterocycles. The summed E-state index contributed by atoms with van der Waals surface area (Å²) >= 11 is 0. The second kappa shape index (κ2) is 8.09. The summed E-state index contributed by atoms with van der Waals surface area (Å²) < 4.78 is 16.3. The highest BCUT2D eigenvalue weighted by atomic mass is 32.2. The van der Waals surface area contributed by atoms with E-state index in [4.69, 9.17) is 0 Å². The number of hydrogen-bond donors (Lipinski definition) is 2. The number of fused-ring (bicyclic) bond motifs is 1. The van der Waals surface area contributed by atoms with Gasteiger partial charge in [-0.1, -0.05) is 6.92 Å². The molecular weight excluding hydrogens is 350 g/mol. The number of esters is 1. The van der Waals surface area contributed by atoms with E-state index < -0.39 is 34.2 Å². The molecule has 25 heavy (non-hydrogen) atoms. The van der Waals surface area contributed by atoms with Crippen LogP contribution in [0, 0.1) is 5.92 Å². The van der Waals surface area contributed by atoms with Crippen molar-refractivity contribution in [2.75, 3.05) is 12.4 Å². The molecule has 0 aromatic rings. The molecule has 8 nitrogen and oxygen atoms in total. The first-order chi connectivity index (χ1) is 11.5. The van der Waals surface area contributed by atoms with Crippen LogP contribution in [-0.2, 0) is 29.9 Å². The van der Waals surface area contributed by atoms with Crippen LogP contribution in [0.2, 0.25) is 0 Å². The number of carbonyl (C=O) groups excluding carboxylic acids is 2. The normalized spacial score (nSPS) is 23.3. The average molecular weight is 375 g/mol. The van der Waals surface area contributed by atoms with Crippen LogP contribution in [0.25, 0.3) is 0 Å². The molecule has 2 rings (SSSR count). The third-order valence-electron chi connectivity index (χ3n) is 3.97. The minimum Gasteiger partial charge on any atom is -0.477 e. The minimum absolute atomic E-state index is 0.157. The molecule has 142 valence electrons. The lowest BCUT2D eigenvalue weighted by molar-refractivity contribution is -0.169. The Hall–Kier alpha value is -1.74. The maximum Gasteiger partial charge on any atom is 0.353 e. The molecule has 2 aliphatic rings. The Morgan fingerprint density at radius 1 is 1.36 bits per heavy atom. The summed E-state index contributed by atoms with van der Waals surface area (Å²) in [4.78, 5) is 34.6. The number of aliphatic hydroxyl groups is 1. The Balaban J connectivity index is 0.000000450. The summed E-state index contributed by atoms with van der Waals surface area (Å²) in [7, 11) is -1.39. The van der Waals surface area contributed by atoms with Crippen molar-refractivity contribution in [1.82, 2.24) is 4.90 Å². The van der Waals surface area contributed by atoms with E-state index in [1.165, 1.54) is 25.7 Å². The number of rotatable bonds is 5. The van der Waals surface area contributed by atoms with Gasteiger partial charge in [-0.2, -0.15) is 0 Å². The van der Waals surface area contributed by atoms with Crippen LogP contribution in [0.3, 0.4) is 0 Å². The van der Waals surface area contributed by atoms with Crippen molar-refractivity contribution in [1.29, 1.82) is 0 Å². The number of nitrogens with zero attached hydrogens (tertiary/aromatic N) is 1. The number of β-lactam (4-membered cyclic amide) rings is 1. The number of ether oxygens (including phenoxy) is 1. The Morgan fingerprint density at radius 2 is 1.92 bits per heavy atom. The first-order valence-electron chi connectivity index (χ1n) is 8.00. The highest BCUT2D eigenvalue weighted by molar-refractivity contribution is 7.89. The van der Waals surface area contributed by atoms with Gasteiger partial charge in [0.2, 0.25) is 5.91 Å². The van der Waals surface area contributed by atoms with Crippen molar-refractivity contribution < 1.29 is 33.5 Å². The molecule has 0 bridgehead atoms. The largest absolute Gasteiger partial charge is 0.477 e. The van der Waals surface area contributed by atoms with E-state index in [2.05, 4.69) is 4.74 Å². The predicted molar refractivity (Wildman–Crippen MR) is 90.7 cm³/mol. The van der Waals surface area contributed by atoms with Crippen LogP contribution in [0.4, 0.5) is 0 Å². The van der Waals surface area contributed by atoms with Crippen LogP contribution in [-0.4, -0.2) is 61.2 Å². The van der Waals surface area contributed by atoms with Crippen LogP contribution >= 0.6 is 0 Å². The monoisotopic (exact) mass is 375 g/mol. The highest BCUT2D eigenvalue weighted by Gasteiger charge is 2.60. The number of carboxylic acid groups (broad SMARTS) is 1. The second-order valence-corrected chi connectivity index (χ2v) is 8.01. The van der Waals surface area contributed by atoms with Gasteiger partial charge in [0.25, 0.3) is 0 Å². The molecule has 1 fully saturated rings. The molecule has 2 N–H and O–H groups in total. The molecule has 0 spiro atoms. The Kier molecular flexibility index (Phi) is 6.90. The van der Waals surface area contributed by atoms with E-state index in [-0.39, 0.29) is 24.1 Å². The molecule has 9 heteroatoms. The summed E-state index contributed by atoms with van der Waals surface area (Å²) in [5.41, 5.74) is -1.36. The molecule has 1 saturated heterocycles. The predicted octanol–water partition coefficient (Wildman–Crippen LogP) is 0.622. The third kappa shape index (κ3) is 4.46. The molecule has 0 aliphatic carbocycles. The lowest BCUT2D eigenvalue weighted by Gasteiger charge is -2.48. The molecular formula is C16H25NO7S. The van der Waals surface area contributed by atoms with Gasteiger partial charge in [0, 0.05) is 24.0 Å². The summed E-state index contributed by atoms with van der Waals surface area (Å²) in [6.45, 7) is 8.41. The first-order valence-corrected chi connectivity index (χ1v) is 9.32. The molecule has 3 atom stereocenters. The maximum absolute atomic E-state index is 12.0. The van der Waals surface area contributed by atoms with Gasteiger partial charge >= 0.3 is 11.9 Å². The first kappa shape index (κ1) is 21.3. The average Bonchev–Trinajstić information content (AvgIpc) is 2.80. The topological polar surface area (TPSA) is 121 Å². The fourth-order valence-corrected chi connectivity index (χ4v) is 4.13.